The van der Waals surface area contributed by atoms with Gasteiger partial charge in [-0.2, -0.15) is 4.68 Å². The number of hydrogen-bond donors (Lipinski definition) is 1. The summed E-state index contributed by atoms with van der Waals surface area (Å²) in [6.45, 7) is 2.09. The standard InChI is InChI=1S/C15H17N5/c1-2-12(16)10-11-6-5-9-17-15(11)20-14-8-4-3-7-13(14)18-19-20/h3-9,12H,2,10,16H2,1H3. The molecule has 2 aromatic heterocycles. The Balaban J connectivity index is 2.10. The highest BCUT2D eigenvalue weighted by Crippen LogP contribution is 2.18. The third kappa shape index (κ3) is 2.28. The van der Waals surface area contributed by atoms with E-state index < -0.39 is 0 Å². The quantitative estimate of drug-likeness (QED) is 0.786. The third-order valence-electron chi connectivity index (χ3n) is 3.43. The van der Waals surface area contributed by atoms with E-state index in [1.165, 1.54) is 0 Å². The number of benzene rings is 1. The Bertz CT molecular complexity index is 719. The lowest BCUT2D eigenvalue weighted by molar-refractivity contribution is 0.639. The van der Waals surface area contributed by atoms with Crippen molar-refractivity contribution in [2.24, 2.45) is 5.73 Å². The molecule has 0 fully saturated rings. The van der Waals surface area contributed by atoms with Gasteiger partial charge in [-0.3, -0.25) is 0 Å². The Morgan fingerprint density at radius 1 is 1.20 bits per heavy atom. The van der Waals surface area contributed by atoms with E-state index >= 15 is 0 Å². The molecule has 0 bridgehead atoms. The molecule has 0 saturated carbocycles. The van der Waals surface area contributed by atoms with Gasteiger partial charge < -0.3 is 5.73 Å². The number of nitrogens with two attached hydrogens (primary N) is 1. The molecular weight excluding hydrogens is 250 g/mol. The Kier molecular flexibility index (Phi) is 3.43. The van der Waals surface area contributed by atoms with Gasteiger partial charge in [-0.15, -0.1) is 5.10 Å². The lowest BCUT2D eigenvalue weighted by Gasteiger charge is -2.12. The molecule has 1 aromatic carbocycles. The minimum absolute atomic E-state index is 0.132. The molecule has 0 radical (unpaired) electrons. The van der Waals surface area contributed by atoms with Crippen LogP contribution in [0.3, 0.4) is 0 Å². The van der Waals surface area contributed by atoms with Crippen LogP contribution >= 0.6 is 0 Å². The van der Waals surface area contributed by atoms with Crippen molar-refractivity contribution in [1.82, 2.24) is 20.0 Å². The summed E-state index contributed by atoms with van der Waals surface area (Å²) >= 11 is 0. The number of para-hydroxylation sites is 1. The minimum atomic E-state index is 0.132. The molecule has 5 heteroatoms. The lowest BCUT2D eigenvalue weighted by atomic mass is 10.1. The van der Waals surface area contributed by atoms with E-state index in [1.54, 1.807) is 10.9 Å². The van der Waals surface area contributed by atoms with Crippen molar-refractivity contribution < 1.29 is 0 Å². The Morgan fingerprint density at radius 3 is 2.90 bits per heavy atom. The molecule has 3 rings (SSSR count). The van der Waals surface area contributed by atoms with Gasteiger partial charge in [0.05, 0.1) is 5.52 Å². The van der Waals surface area contributed by atoms with E-state index in [2.05, 4.69) is 22.2 Å². The average Bonchev–Trinajstić information content (AvgIpc) is 2.91. The van der Waals surface area contributed by atoms with Crippen molar-refractivity contribution in [3.63, 3.8) is 0 Å². The predicted octanol–water partition coefficient (Wildman–Crippen LogP) is 2.10. The first kappa shape index (κ1) is 12.7. The van der Waals surface area contributed by atoms with Crippen LogP contribution in [0, 0.1) is 0 Å². The molecule has 0 saturated heterocycles. The van der Waals surface area contributed by atoms with Gasteiger partial charge in [0.2, 0.25) is 0 Å². The third-order valence-corrected chi connectivity index (χ3v) is 3.43. The highest BCUT2D eigenvalue weighted by Gasteiger charge is 2.13. The summed E-state index contributed by atoms with van der Waals surface area (Å²) in [6, 6.07) is 12.0. The van der Waals surface area contributed by atoms with Crippen LogP contribution in [0.15, 0.2) is 42.6 Å². The zero-order chi connectivity index (χ0) is 13.9. The van der Waals surface area contributed by atoms with E-state index in [1.807, 2.05) is 36.4 Å². The van der Waals surface area contributed by atoms with E-state index in [0.29, 0.717) is 0 Å². The fourth-order valence-electron chi connectivity index (χ4n) is 2.23. The number of hydrogen-bond acceptors (Lipinski definition) is 4. The van der Waals surface area contributed by atoms with Gasteiger partial charge in [0, 0.05) is 12.2 Å². The molecule has 1 atom stereocenters. The SMILES string of the molecule is CCC(N)Cc1cccnc1-n1nnc2ccccc21. The monoisotopic (exact) mass is 267 g/mol. The van der Waals surface area contributed by atoms with Crippen LogP contribution in [0.4, 0.5) is 0 Å². The zero-order valence-corrected chi connectivity index (χ0v) is 11.4. The van der Waals surface area contributed by atoms with Crippen molar-refractivity contribution in [2.45, 2.75) is 25.8 Å². The number of rotatable bonds is 4. The van der Waals surface area contributed by atoms with E-state index in [-0.39, 0.29) is 6.04 Å². The van der Waals surface area contributed by atoms with Crippen LogP contribution in [-0.4, -0.2) is 26.0 Å². The molecular formula is C15H17N5. The van der Waals surface area contributed by atoms with Crippen molar-refractivity contribution in [2.75, 3.05) is 0 Å². The van der Waals surface area contributed by atoms with Gasteiger partial charge in [0.15, 0.2) is 5.82 Å². The first-order valence-electron chi connectivity index (χ1n) is 6.80. The number of pyridine rings is 1. The summed E-state index contributed by atoms with van der Waals surface area (Å²) in [5.41, 5.74) is 8.98. The first-order chi connectivity index (χ1) is 9.79. The molecule has 0 aliphatic rings. The maximum atomic E-state index is 6.07. The minimum Gasteiger partial charge on any atom is -0.327 e. The molecule has 2 N–H and O–H groups in total. The lowest BCUT2D eigenvalue weighted by Crippen LogP contribution is -2.22. The Morgan fingerprint density at radius 2 is 2.05 bits per heavy atom. The highest BCUT2D eigenvalue weighted by atomic mass is 15.4. The molecule has 1 unspecified atom stereocenters. The van der Waals surface area contributed by atoms with Gasteiger partial charge in [-0.05, 0) is 36.6 Å². The Labute approximate surface area is 117 Å². The van der Waals surface area contributed by atoms with Crippen LogP contribution in [0.5, 0.6) is 0 Å². The van der Waals surface area contributed by atoms with E-state index in [4.69, 9.17) is 5.73 Å². The summed E-state index contributed by atoms with van der Waals surface area (Å²) < 4.78 is 1.78. The fourth-order valence-corrected chi connectivity index (χ4v) is 2.23. The van der Waals surface area contributed by atoms with Crippen molar-refractivity contribution in [3.05, 3.63) is 48.2 Å². The average molecular weight is 267 g/mol. The van der Waals surface area contributed by atoms with Crippen molar-refractivity contribution >= 4 is 11.0 Å². The van der Waals surface area contributed by atoms with Gasteiger partial charge >= 0.3 is 0 Å². The number of nitrogens with zero attached hydrogens (tertiary/aromatic N) is 4. The second-order valence-corrected chi connectivity index (χ2v) is 4.85. The molecule has 0 amide bonds. The highest BCUT2D eigenvalue weighted by molar-refractivity contribution is 5.75. The van der Waals surface area contributed by atoms with Crippen molar-refractivity contribution in [1.29, 1.82) is 0 Å². The molecule has 102 valence electrons. The van der Waals surface area contributed by atoms with Crippen LogP contribution in [0.2, 0.25) is 0 Å². The van der Waals surface area contributed by atoms with Gasteiger partial charge in [-0.1, -0.05) is 30.3 Å². The first-order valence-corrected chi connectivity index (χ1v) is 6.80. The molecule has 0 aliphatic carbocycles. The summed E-state index contributed by atoms with van der Waals surface area (Å²) in [7, 11) is 0. The Hall–Kier alpha value is -2.27. The van der Waals surface area contributed by atoms with Gasteiger partial charge in [-0.25, -0.2) is 4.98 Å². The van der Waals surface area contributed by atoms with Crippen LogP contribution in [-0.2, 0) is 6.42 Å². The number of aromatic nitrogens is 4. The number of fused-ring (bicyclic) bond motifs is 1. The largest absolute Gasteiger partial charge is 0.327 e. The second kappa shape index (κ2) is 5.38. The molecule has 2 heterocycles. The topological polar surface area (TPSA) is 69.6 Å². The maximum absolute atomic E-state index is 6.07. The van der Waals surface area contributed by atoms with E-state index in [9.17, 15) is 0 Å². The van der Waals surface area contributed by atoms with E-state index in [0.717, 1.165) is 35.3 Å². The summed E-state index contributed by atoms with van der Waals surface area (Å²) in [5, 5.41) is 8.40. The summed E-state index contributed by atoms with van der Waals surface area (Å²) in [6.07, 6.45) is 3.49. The van der Waals surface area contributed by atoms with Gasteiger partial charge in [0.1, 0.15) is 5.52 Å². The van der Waals surface area contributed by atoms with Crippen molar-refractivity contribution in [3.8, 4) is 5.82 Å². The second-order valence-electron chi connectivity index (χ2n) is 4.85. The predicted molar refractivity (Wildman–Crippen MR) is 78.6 cm³/mol. The summed E-state index contributed by atoms with van der Waals surface area (Å²) in [4.78, 5) is 4.46. The van der Waals surface area contributed by atoms with Crippen LogP contribution < -0.4 is 5.73 Å². The van der Waals surface area contributed by atoms with Crippen LogP contribution in [0.25, 0.3) is 16.9 Å². The zero-order valence-electron chi connectivity index (χ0n) is 11.4. The molecule has 5 nitrogen and oxygen atoms in total. The maximum Gasteiger partial charge on any atom is 0.159 e. The molecule has 0 spiro atoms. The normalized spacial score (nSPS) is 12.7. The smallest absolute Gasteiger partial charge is 0.159 e. The summed E-state index contributed by atoms with van der Waals surface area (Å²) in [5.74, 6) is 0.810. The fraction of sp³-hybridized carbons (Fsp3) is 0.267. The molecule has 20 heavy (non-hydrogen) atoms. The van der Waals surface area contributed by atoms with Crippen LogP contribution in [0.1, 0.15) is 18.9 Å². The molecule has 3 aromatic rings. The van der Waals surface area contributed by atoms with Gasteiger partial charge in [0.25, 0.3) is 0 Å². The molecule has 0 aliphatic heterocycles.